The molecule has 1 aliphatic rings. The molecule has 0 aromatic heterocycles. The molecule has 0 spiro atoms. The molecule has 0 saturated heterocycles. The Morgan fingerprint density at radius 1 is 0.857 bits per heavy atom. The Balaban J connectivity index is 1.36. The molecule has 0 aliphatic carbocycles. The summed E-state index contributed by atoms with van der Waals surface area (Å²) < 4.78 is 47.9. The Morgan fingerprint density at radius 3 is 2.21 bits per heavy atom. The molecule has 1 atom stereocenters. The number of anilines is 1. The molecule has 0 saturated carbocycles. The second kappa shape index (κ2) is 13.0. The van der Waals surface area contributed by atoms with Gasteiger partial charge in [-0.1, -0.05) is 72.8 Å². The molecule has 216 valence electrons. The minimum Gasteiger partial charge on any atom is -0.477 e. The number of sulfonamides is 1. The Hall–Kier alpha value is -4.54. The molecule has 2 amide bonds. The third-order valence-electron chi connectivity index (χ3n) is 6.89. The highest BCUT2D eigenvalue weighted by molar-refractivity contribution is 7.89. The van der Waals surface area contributed by atoms with Crippen LogP contribution in [0.25, 0.3) is 0 Å². The van der Waals surface area contributed by atoms with E-state index < -0.39 is 34.4 Å². The number of halogens is 1. The molecule has 10 heteroatoms. The minimum atomic E-state index is -4.11. The van der Waals surface area contributed by atoms with Gasteiger partial charge in [-0.2, -0.15) is 4.31 Å². The molecular formula is C32H30FN3O5S. The van der Waals surface area contributed by atoms with E-state index in [0.29, 0.717) is 30.0 Å². The smallest absolute Gasteiger partial charge is 0.262 e. The van der Waals surface area contributed by atoms with Crippen molar-refractivity contribution in [3.8, 4) is 5.75 Å². The van der Waals surface area contributed by atoms with E-state index in [1.165, 1.54) is 41.3 Å². The zero-order chi connectivity index (χ0) is 29.5. The quantitative estimate of drug-likeness (QED) is 0.301. The van der Waals surface area contributed by atoms with Crippen molar-refractivity contribution in [2.45, 2.75) is 24.0 Å². The topological polar surface area (TPSA) is 96.0 Å². The van der Waals surface area contributed by atoms with Gasteiger partial charge in [0.05, 0.1) is 23.7 Å². The molecule has 4 aromatic rings. The molecule has 1 heterocycles. The van der Waals surface area contributed by atoms with Crippen LogP contribution >= 0.6 is 0 Å². The predicted octanol–water partition coefficient (Wildman–Crippen LogP) is 4.17. The average molecular weight is 588 g/mol. The maximum absolute atomic E-state index is 13.8. The predicted molar refractivity (Wildman–Crippen MR) is 157 cm³/mol. The molecule has 0 radical (unpaired) electrons. The number of nitrogens with zero attached hydrogens (tertiary/aromatic N) is 2. The van der Waals surface area contributed by atoms with Crippen molar-refractivity contribution in [3.05, 3.63) is 126 Å². The van der Waals surface area contributed by atoms with Crippen molar-refractivity contribution in [2.75, 3.05) is 24.5 Å². The molecule has 42 heavy (non-hydrogen) atoms. The summed E-state index contributed by atoms with van der Waals surface area (Å²) in [7, 11) is -4.11. The number of para-hydroxylation sites is 2. The molecule has 0 fully saturated rings. The van der Waals surface area contributed by atoms with E-state index >= 15 is 0 Å². The maximum atomic E-state index is 13.8. The largest absolute Gasteiger partial charge is 0.477 e. The van der Waals surface area contributed by atoms with E-state index in [0.717, 1.165) is 9.87 Å². The summed E-state index contributed by atoms with van der Waals surface area (Å²) >= 11 is 0. The third-order valence-corrected chi connectivity index (χ3v) is 8.69. The van der Waals surface area contributed by atoms with E-state index in [4.69, 9.17) is 4.74 Å². The number of benzene rings is 4. The van der Waals surface area contributed by atoms with Crippen molar-refractivity contribution >= 4 is 27.5 Å². The molecule has 1 unspecified atom stereocenters. The average Bonchev–Trinajstić information content (AvgIpc) is 3.02. The number of amides is 2. The Kier molecular flexibility index (Phi) is 8.94. The summed E-state index contributed by atoms with van der Waals surface area (Å²) in [4.78, 5) is 28.3. The first-order valence-corrected chi connectivity index (χ1v) is 14.9. The van der Waals surface area contributed by atoms with E-state index in [1.807, 2.05) is 30.3 Å². The number of carbonyl (C=O) groups is 2. The molecule has 8 nitrogen and oxygen atoms in total. The van der Waals surface area contributed by atoms with Crippen LogP contribution in [0, 0.1) is 5.82 Å². The highest BCUT2D eigenvalue weighted by Gasteiger charge is 2.36. The minimum absolute atomic E-state index is 0.0259. The summed E-state index contributed by atoms with van der Waals surface area (Å²) in [6.07, 6.45) is -0.357. The molecule has 5 rings (SSSR count). The van der Waals surface area contributed by atoms with Crippen molar-refractivity contribution in [2.24, 2.45) is 0 Å². The maximum Gasteiger partial charge on any atom is 0.262 e. The monoisotopic (exact) mass is 587 g/mol. The molecule has 1 N–H and O–H groups in total. The summed E-state index contributed by atoms with van der Waals surface area (Å²) in [5.74, 6) is -1.02. The van der Waals surface area contributed by atoms with Gasteiger partial charge < -0.3 is 15.0 Å². The lowest BCUT2D eigenvalue weighted by atomic mass is 10.1. The second-order valence-corrected chi connectivity index (χ2v) is 11.8. The van der Waals surface area contributed by atoms with Crippen molar-refractivity contribution in [3.63, 3.8) is 0 Å². The lowest BCUT2D eigenvalue weighted by Gasteiger charge is -2.35. The van der Waals surface area contributed by atoms with Gasteiger partial charge in [0.25, 0.3) is 5.91 Å². The van der Waals surface area contributed by atoms with Crippen LogP contribution in [-0.4, -0.2) is 50.3 Å². The van der Waals surface area contributed by atoms with E-state index in [2.05, 4.69) is 5.32 Å². The fourth-order valence-electron chi connectivity index (χ4n) is 4.69. The normalized spacial score (nSPS) is 14.6. The number of hydrogen-bond acceptors (Lipinski definition) is 5. The highest BCUT2D eigenvalue weighted by atomic mass is 32.2. The van der Waals surface area contributed by atoms with Gasteiger partial charge in [-0.3, -0.25) is 9.59 Å². The summed E-state index contributed by atoms with van der Waals surface area (Å²) in [6.45, 7) is -0.369. The van der Waals surface area contributed by atoms with Gasteiger partial charge in [0, 0.05) is 13.1 Å². The van der Waals surface area contributed by atoms with Crippen LogP contribution in [0.2, 0.25) is 0 Å². The van der Waals surface area contributed by atoms with Crippen LogP contribution in [0.5, 0.6) is 5.75 Å². The van der Waals surface area contributed by atoms with Gasteiger partial charge in [0.1, 0.15) is 11.6 Å². The van der Waals surface area contributed by atoms with Gasteiger partial charge >= 0.3 is 0 Å². The lowest BCUT2D eigenvalue weighted by Crippen LogP contribution is -2.53. The van der Waals surface area contributed by atoms with Crippen molar-refractivity contribution in [1.82, 2.24) is 9.62 Å². The van der Waals surface area contributed by atoms with Crippen molar-refractivity contribution < 1.29 is 27.1 Å². The zero-order valence-corrected chi connectivity index (χ0v) is 23.5. The fourth-order valence-corrected chi connectivity index (χ4v) is 6.09. The van der Waals surface area contributed by atoms with Crippen LogP contribution in [0.3, 0.4) is 0 Å². The van der Waals surface area contributed by atoms with Crippen LogP contribution in [0.4, 0.5) is 10.1 Å². The van der Waals surface area contributed by atoms with E-state index in [9.17, 15) is 22.4 Å². The summed E-state index contributed by atoms with van der Waals surface area (Å²) in [5.41, 5.74) is 2.03. The summed E-state index contributed by atoms with van der Waals surface area (Å²) in [6, 6.07) is 29.8. The SMILES string of the molecule is O=C(NCCc1ccccc1)C1CN(C(=O)CN(Cc2ccc(F)cc2)S(=O)(=O)c2ccccc2)c2ccccc2O1. The lowest BCUT2D eigenvalue weighted by molar-refractivity contribution is -0.128. The number of rotatable bonds is 10. The first-order valence-electron chi connectivity index (χ1n) is 13.5. The third kappa shape index (κ3) is 6.84. The first kappa shape index (κ1) is 29.0. The standard InChI is InChI=1S/C32H30FN3O5S/c33-26-17-15-25(16-18-26)21-35(42(39,40)27-11-5-2-6-12-27)23-31(37)36-22-30(41-29-14-8-7-13-28(29)36)32(38)34-20-19-24-9-3-1-4-10-24/h1-18,30H,19-23H2,(H,34,38). The second-order valence-electron chi connectivity index (χ2n) is 9.82. The van der Waals surface area contributed by atoms with Gasteiger partial charge in [-0.25, -0.2) is 12.8 Å². The number of hydrogen-bond donors (Lipinski definition) is 1. The van der Waals surface area contributed by atoms with Crippen molar-refractivity contribution in [1.29, 1.82) is 0 Å². The van der Waals surface area contributed by atoms with E-state index in [-0.39, 0.29) is 23.9 Å². The van der Waals surface area contributed by atoms with Gasteiger partial charge in [-0.05, 0) is 53.9 Å². The van der Waals surface area contributed by atoms with Crippen LogP contribution in [0.15, 0.2) is 114 Å². The molecular weight excluding hydrogens is 557 g/mol. The highest BCUT2D eigenvalue weighted by Crippen LogP contribution is 2.33. The number of nitrogens with one attached hydrogen (secondary N) is 1. The molecule has 1 aliphatic heterocycles. The van der Waals surface area contributed by atoms with Crippen LogP contribution < -0.4 is 15.0 Å². The zero-order valence-electron chi connectivity index (χ0n) is 22.7. The van der Waals surface area contributed by atoms with Gasteiger partial charge in [0.15, 0.2) is 6.10 Å². The summed E-state index contributed by atoms with van der Waals surface area (Å²) in [5, 5.41) is 2.88. The molecule has 4 aromatic carbocycles. The van der Waals surface area contributed by atoms with Crippen LogP contribution in [-0.2, 0) is 32.6 Å². The Morgan fingerprint density at radius 2 is 1.50 bits per heavy atom. The Bertz CT molecular complexity index is 1630. The van der Waals surface area contributed by atoms with Gasteiger partial charge in [-0.15, -0.1) is 0 Å². The van der Waals surface area contributed by atoms with Crippen LogP contribution in [0.1, 0.15) is 11.1 Å². The number of fused-ring (bicyclic) bond motifs is 1. The Labute approximate surface area is 244 Å². The first-order chi connectivity index (χ1) is 20.3. The number of carbonyl (C=O) groups excluding carboxylic acids is 2. The van der Waals surface area contributed by atoms with E-state index in [1.54, 1.807) is 42.5 Å². The fraction of sp³-hybridized carbons (Fsp3) is 0.188. The molecule has 0 bridgehead atoms. The number of ether oxygens (including phenoxy) is 1. The van der Waals surface area contributed by atoms with Gasteiger partial charge in [0.2, 0.25) is 15.9 Å².